The summed E-state index contributed by atoms with van der Waals surface area (Å²) >= 11 is 0. The molecule has 0 radical (unpaired) electrons. The SMILES string of the molecule is CC(C)(O)Cn1cc2ccccc2n1. The highest BCUT2D eigenvalue weighted by atomic mass is 16.3. The van der Waals surface area contributed by atoms with E-state index in [0.717, 1.165) is 10.9 Å². The highest BCUT2D eigenvalue weighted by Gasteiger charge is 2.13. The van der Waals surface area contributed by atoms with Crippen molar-refractivity contribution < 1.29 is 5.11 Å². The minimum absolute atomic E-state index is 0.516. The second kappa shape index (κ2) is 3.10. The second-order valence-electron chi connectivity index (χ2n) is 4.20. The summed E-state index contributed by atoms with van der Waals surface area (Å²) in [5, 5.41) is 15.1. The van der Waals surface area contributed by atoms with Crippen LogP contribution in [-0.4, -0.2) is 20.5 Å². The van der Waals surface area contributed by atoms with Crippen molar-refractivity contribution in [2.45, 2.75) is 26.0 Å². The summed E-state index contributed by atoms with van der Waals surface area (Å²) in [5.74, 6) is 0. The monoisotopic (exact) mass is 190 g/mol. The van der Waals surface area contributed by atoms with Gasteiger partial charge in [0.2, 0.25) is 0 Å². The van der Waals surface area contributed by atoms with Gasteiger partial charge in [0, 0.05) is 11.6 Å². The van der Waals surface area contributed by atoms with Gasteiger partial charge in [-0.3, -0.25) is 4.68 Å². The van der Waals surface area contributed by atoms with Gasteiger partial charge in [0.1, 0.15) is 0 Å². The van der Waals surface area contributed by atoms with E-state index in [9.17, 15) is 5.11 Å². The maximum atomic E-state index is 9.64. The average Bonchev–Trinajstić information content (AvgIpc) is 2.42. The number of hydrogen-bond donors (Lipinski definition) is 1. The molecule has 1 aromatic carbocycles. The lowest BCUT2D eigenvalue weighted by Gasteiger charge is -2.16. The van der Waals surface area contributed by atoms with Crippen LogP contribution in [-0.2, 0) is 6.54 Å². The molecule has 0 unspecified atom stereocenters. The summed E-state index contributed by atoms with van der Waals surface area (Å²) in [6.45, 7) is 4.07. The standard InChI is InChI=1S/C11H14N2O/c1-11(2,14)8-13-7-9-5-3-4-6-10(9)12-13/h3-7,14H,8H2,1-2H3. The van der Waals surface area contributed by atoms with Crippen LogP contribution in [0.5, 0.6) is 0 Å². The average molecular weight is 190 g/mol. The number of aliphatic hydroxyl groups is 1. The minimum Gasteiger partial charge on any atom is -0.389 e. The van der Waals surface area contributed by atoms with E-state index in [-0.39, 0.29) is 0 Å². The molecule has 1 aromatic heterocycles. The van der Waals surface area contributed by atoms with Crippen LogP contribution in [0.25, 0.3) is 10.9 Å². The zero-order valence-electron chi connectivity index (χ0n) is 8.44. The van der Waals surface area contributed by atoms with Crippen LogP contribution in [0, 0.1) is 0 Å². The largest absolute Gasteiger partial charge is 0.389 e. The van der Waals surface area contributed by atoms with E-state index in [1.165, 1.54) is 0 Å². The highest BCUT2D eigenvalue weighted by Crippen LogP contribution is 2.13. The molecule has 1 heterocycles. The van der Waals surface area contributed by atoms with Crippen LogP contribution in [0.15, 0.2) is 30.5 Å². The van der Waals surface area contributed by atoms with E-state index in [1.807, 2.05) is 30.5 Å². The van der Waals surface area contributed by atoms with Gasteiger partial charge in [-0.25, -0.2) is 0 Å². The Balaban J connectivity index is 2.36. The molecule has 2 aromatic rings. The van der Waals surface area contributed by atoms with Gasteiger partial charge in [-0.2, -0.15) is 5.10 Å². The predicted molar refractivity (Wildman–Crippen MR) is 56.0 cm³/mol. The van der Waals surface area contributed by atoms with E-state index in [1.54, 1.807) is 18.5 Å². The van der Waals surface area contributed by atoms with Crippen LogP contribution in [0.1, 0.15) is 13.8 Å². The van der Waals surface area contributed by atoms with E-state index >= 15 is 0 Å². The number of fused-ring (bicyclic) bond motifs is 1. The fourth-order valence-corrected chi connectivity index (χ4v) is 1.49. The highest BCUT2D eigenvalue weighted by molar-refractivity contribution is 5.77. The molecule has 0 amide bonds. The molecule has 14 heavy (non-hydrogen) atoms. The maximum Gasteiger partial charge on any atom is 0.0923 e. The van der Waals surface area contributed by atoms with Crippen molar-refractivity contribution in [3.05, 3.63) is 30.5 Å². The lowest BCUT2D eigenvalue weighted by atomic mass is 10.1. The molecule has 0 aliphatic heterocycles. The Morgan fingerprint density at radius 3 is 2.71 bits per heavy atom. The first-order valence-electron chi connectivity index (χ1n) is 4.69. The lowest BCUT2D eigenvalue weighted by Crippen LogP contribution is -2.26. The number of hydrogen-bond acceptors (Lipinski definition) is 2. The molecule has 0 saturated heterocycles. The molecule has 2 rings (SSSR count). The van der Waals surface area contributed by atoms with Crippen LogP contribution in [0.2, 0.25) is 0 Å². The molecule has 0 bridgehead atoms. The quantitative estimate of drug-likeness (QED) is 0.784. The Labute approximate surface area is 83.0 Å². The molecule has 74 valence electrons. The fourth-order valence-electron chi connectivity index (χ4n) is 1.49. The molecule has 0 fully saturated rings. The van der Waals surface area contributed by atoms with Gasteiger partial charge < -0.3 is 5.11 Å². The molecule has 0 aliphatic carbocycles. The van der Waals surface area contributed by atoms with Gasteiger partial charge in [-0.05, 0) is 19.9 Å². The molecule has 1 N–H and O–H groups in total. The van der Waals surface area contributed by atoms with Crippen molar-refractivity contribution in [2.75, 3.05) is 0 Å². The molecule has 0 saturated carbocycles. The third-order valence-electron chi connectivity index (χ3n) is 2.01. The van der Waals surface area contributed by atoms with Gasteiger partial charge in [-0.15, -0.1) is 0 Å². The van der Waals surface area contributed by atoms with E-state index in [2.05, 4.69) is 5.10 Å². The molecule has 3 heteroatoms. The molecular weight excluding hydrogens is 176 g/mol. The topological polar surface area (TPSA) is 38.0 Å². The summed E-state index contributed by atoms with van der Waals surface area (Å²) in [6, 6.07) is 7.93. The number of rotatable bonds is 2. The van der Waals surface area contributed by atoms with Crippen molar-refractivity contribution in [3.8, 4) is 0 Å². The normalized spacial score (nSPS) is 12.2. The molecule has 0 aliphatic rings. The summed E-state index contributed by atoms with van der Waals surface area (Å²) in [5.41, 5.74) is 0.249. The first-order chi connectivity index (χ1) is 6.54. The van der Waals surface area contributed by atoms with Gasteiger partial charge in [0.25, 0.3) is 0 Å². The maximum absolute atomic E-state index is 9.64. The van der Waals surface area contributed by atoms with Gasteiger partial charge in [0.05, 0.1) is 17.7 Å². The number of benzene rings is 1. The van der Waals surface area contributed by atoms with Crippen LogP contribution in [0.3, 0.4) is 0 Å². The first-order valence-corrected chi connectivity index (χ1v) is 4.69. The van der Waals surface area contributed by atoms with Gasteiger partial charge in [0.15, 0.2) is 0 Å². The van der Waals surface area contributed by atoms with Crippen molar-refractivity contribution in [1.82, 2.24) is 9.78 Å². The van der Waals surface area contributed by atoms with Crippen LogP contribution in [0.4, 0.5) is 0 Å². The zero-order chi connectivity index (χ0) is 10.2. The van der Waals surface area contributed by atoms with Crippen molar-refractivity contribution in [3.63, 3.8) is 0 Å². The van der Waals surface area contributed by atoms with E-state index < -0.39 is 5.60 Å². The summed E-state index contributed by atoms with van der Waals surface area (Å²) < 4.78 is 1.78. The number of nitrogens with zero attached hydrogens (tertiary/aromatic N) is 2. The Bertz CT molecular complexity index is 407. The Kier molecular flexibility index (Phi) is 2.04. The smallest absolute Gasteiger partial charge is 0.0923 e. The molecule has 0 atom stereocenters. The number of aromatic nitrogens is 2. The van der Waals surface area contributed by atoms with Gasteiger partial charge in [-0.1, -0.05) is 18.2 Å². The zero-order valence-corrected chi connectivity index (χ0v) is 8.44. The minimum atomic E-state index is -0.720. The summed E-state index contributed by atoms with van der Waals surface area (Å²) in [6.07, 6.45) is 1.95. The molecule has 3 nitrogen and oxygen atoms in total. The Hall–Kier alpha value is -1.35. The van der Waals surface area contributed by atoms with E-state index in [4.69, 9.17) is 0 Å². The summed E-state index contributed by atoms with van der Waals surface area (Å²) in [7, 11) is 0. The Morgan fingerprint density at radius 1 is 1.36 bits per heavy atom. The predicted octanol–water partition coefficient (Wildman–Crippen LogP) is 1.81. The third-order valence-corrected chi connectivity index (χ3v) is 2.01. The van der Waals surface area contributed by atoms with Crippen molar-refractivity contribution in [2.24, 2.45) is 0 Å². The summed E-state index contributed by atoms with van der Waals surface area (Å²) in [4.78, 5) is 0. The third kappa shape index (κ3) is 1.93. The van der Waals surface area contributed by atoms with Crippen LogP contribution >= 0.6 is 0 Å². The Morgan fingerprint density at radius 2 is 2.07 bits per heavy atom. The van der Waals surface area contributed by atoms with Crippen LogP contribution < -0.4 is 0 Å². The second-order valence-corrected chi connectivity index (χ2v) is 4.20. The van der Waals surface area contributed by atoms with Gasteiger partial charge >= 0.3 is 0 Å². The van der Waals surface area contributed by atoms with Crippen molar-refractivity contribution >= 4 is 10.9 Å². The van der Waals surface area contributed by atoms with E-state index in [0.29, 0.717) is 6.54 Å². The molecular formula is C11H14N2O. The lowest BCUT2D eigenvalue weighted by molar-refractivity contribution is 0.0580. The van der Waals surface area contributed by atoms with Crippen molar-refractivity contribution in [1.29, 1.82) is 0 Å². The molecule has 0 spiro atoms. The fraction of sp³-hybridized carbons (Fsp3) is 0.364. The first kappa shape index (κ1) is 9.21.